The molecule has 1 amide bonds. The molecule has 0 saturated carbocycles. The number of nitrogens with zero attached hydrogens (tertiary/aromatic N) is 2. The lowest BCUT2D eigenvalue weighted by Gasteiger charge is -2.25. The van der Waals surface area contributed by atoms with Crippen LogP contribution in [-0.2, 0) is 13.0 Å². The normalized spacial score (nSPS) is 17.2. The Morgan fingerprint density at radius 3 is 2.67 bits per heavy atom. The minimum atomic E-state index is -0.110. The first-order valence-electron chi connectivity index (χ1n) is 9.59. The Morgan fingerprint density at radius 1 is 1.15 bits per heavy atom. The summed E-state index contributed by atoms with van der Waals surface area (Å²) in [5.41, 5.74) is 4.34. The summed E-state index contributed by atoms with van der Waals surface area (Å²) in [6.45, 7) is 5.05. The van der Waals surface area contributed by atoms with Crippen molar-refractivity contribution in [3.05, 3.63) is 89.0 Å². The van der Waals surface area contributed by atoms with Crippen LogP contribution in [0.1, 0.15) is 58.3 Å². The van der Waals surface area contributed by atoms with Gasteiger partial charge in [-0.3, -0.25) is 4.79 Å². The van der Waals surface area contributed by atoms with Crippen molar-refractivity contribution in [3.8, 4) is 0 Å². The summed E-state index contributed by atoms with van der Waals surface area (Å²) < 4.78 is 2.16. The van der Waals surface area contributed by atoms with E-state index in [0.29, 0.717) is 11.6 Å². The van der Waals surface area contributed by atoms with Crippen molar-refractivity contribution in [1.29, 1.82) is 0 Å². The third kappa shape index (κ3) is 3.65. The van der Waals surface area contributed by atoms with Crippen molar-refractivity contribution in [3.63, 3.8) is 0 Å². The quantitative estimate of drug-likeness (QED) is 0.750. The molecule has 1 N–H and O–H groups in total. The lowest BCUT2D eigenvalue weighted by molar-refractivity contribution is 0.0935. The van der Waals surface area contributed by atoms with Gasteiger partial charge in [0.2, 0.25) is 0 Å². The number of benzene rings is 2. The molecule has 2 heterocycles. The Kier molecular flexibility index (Phi) is 4.80. The summed E-state index contributed by atoms with van der Waals surface area (Å²) >= 11 is 0. The van der Waals surface area contributed by atoms with Crippen molar-refractivity contribution >= 4 is 5.91 Å². The molecule has 3 aromatic rings. The number of hydrogen-bond acceptors (Lipinski definition) is 2. The zero-order valence-corrected chi connectivity index (χ0v) is 15.9. The average Bonchev–Trinajstić information content (AvgIpc) is 3.12. The van der Waals surface area contributed by atoms with E-state index in [1.165, 1.54) is 11.1 Å². The summed E-state index contributed by atoms with van der Waals surface area (Å²) in [4.78, 5) is 17.3. The van der Waals surface area contributed by atoms with Gasteiger partial charge in [-0.1, -0.05) is 54.6 Å². The number of imidazole rings is 1. The van der Waals surface area contributed by atoms with E-state index in [1.54, 1.807) is 0 Å². The van der Waals surface area contributed by atoms with Gasteiger partial charge in [-0.05, 0) is 37.0 Å². The van der Waals surface area contributed by atoms with Crippen LogP contribution < -0.4 is 5.32 Å². The molecular formula is C23H25N3O. The standard InChI is InChI=1S/C23H25N3O/c1-16-8-6-7-11-20(16)19-12-13-22-25-21(15-26(22)14-19)23(27)24-17(2)18-9-4-3-5-10-18/h3-11,15,17,19H,12-14H2,1-2H3,(H,24,27). The maximum Gasteiger partial charge on any atom is 0.271 e. The molecule has 0 bridgehead atoms. The highest BCUT2D eigenvalue weighted by molar-refractivity contribution is 5.92. The van der Waals surface area contributed by atoms with Crippen molar-refractivity contribution in [2.75, 3.05) is 0 Å². The van der Waals surface area contributed by atoms with E-state index in [9.17, 15) is 4.79 Å². The highest BCUT2D eigenvalue weighted by Crippen LogP contribution is 2.30. The Labute approximate surface area is 160 Å². The Bertz CT molecular complexity index is 945. The minimum Gasteiger partial charge on any atom is -0.344 e. The van der Waals surface area contributed by atoms with E-state index in [0.717, 1.165) is 30.8 Å². The smallest absolute Gasteiger partial charge is 0.271 e. The molecule has 0 radical (unpaired) electrons. The van der Waals surface area contributed by atoms with Crippen LogP contribution in [0.25, 0.3) is 0 Å². The summed E-state index contributed by atoms with van der Waals surface area (Å²) in [5.74, 6) is 1.38. The summed E-state index contributed by atoms with van der Waals surface area (Å²) in [6, 6.07) is 18.5. The highest BCUT2D eigenvalue weighted by atomic mass is 16.2. The van der Waals surface area contributed by atoms with Gasteiger partial charge in [0.15, 0.2) is 0 Å². The molecule has 0 aliphatic carbocycles. The first-order chi connectivity index (χ1) is 13.1. The predicted octanol–water partition coefficient (Wildman–Crippen LogP) is 4.41. The lowest BCUT2D eigenvalue weighted by atomic mass is 9.89. The number of nitrogens with one attached hydrogen (secondary N) is 1. The maximum absolute atomic E-state index is 12.7. The van der Waals surface area contributed by atoms with Gasteiger partial charge in [-0.15, -0.1) is 0 Å². The number of carbonyl (C=O) groups is 1. The molecule has 1 aliphatic rings. The molecule has 0 saturated heterocycles. The average molecular weight is 359 g/mol. The van der Waals surface area contributed by atoms with Crippen LogP contribution in [0, 0.1) is 6.92 Å². The van der Waals surface area contributed by atoms with Crippen LogP contribution in [0.3, 0.4) is 0 Å². The van der Waals surface area contributed by atoms with E-state index < -0.39 is 0 Å². The van der Waals surface area contributed by atoms with Crippen LogP contribution in [0.4, 0.5) is 0 Å². The second-order valence-electron chi connectivity index (χ2n) is 7.39. The number of carbonyl (C=O) groups excluding carboxylic acids is 1. The highest BCUT2D eigenvalue weighted by Gasteiger charge is 2.24. The van der Waals surface area contributed by atoms with E-state index in [1.807, 2.05) is 43.5 Å². The number of aryl methyl sites for hydroxylation is 2. The van der Waals surface area contributed by atoms with Gasteiger partial charge in [0, 0.05) is 25.1 Å². The number of hydrogen-bond donors (Lipinski definition) is 1. The Hall–Kier alpha value is -2.88. The largest absolute Gasteiger partial charge is 0.344 e. The van der Waals surface area contributed by atoms with E-state index in [2.05, 4.69) is 46.1 Å². The minimum absolute atomic E-state index is 0.0443. The van der Waals surface area contributed by atoms with Gasteiger partial charge in [0.05, 0.1) is 6.04 Å². The van der Waals surface area contributed by atoms with Gasteiger partial charge < -0.3 is 9.88 Å². The first kappa shape index (κ1) is 17.5. The van der Waals surface area contributed by atoms with Gasteiger partial charge >= 0.3 is 0 Å². The maximum atomic E-state index is 12.7. The fraction of sp³-hybridized carbons (Fsp3) is 0.304. The zero-order valence-electron chi connectivity index (χ0n) is 15.9. The number of rotatable bonds is 4. The fourth-order valence-corrected chi connectivity index (χ4v) is 3.95. The van der Waals surface area contributed by atoms with Gasteiger partial charge in [-0.25, -0.2) is 4.98 Å². The fourth-order valence-electron chi connectivity index (χ4n) is 3.95. The second kappa shape index (κ2) is 7.39. The van der Waals surface area contributed by atoms with E-state index in [4.69, 9.17) is 0 Å². The molecule has 4 heteroatoms. The molecule has 0 fully saturated rings. The number of fused-ring (bicyclic) bond motifs is 1. The second-order valence-corrected chi connectivity index (χ2v) is 7.39. The zero-order chi connectivity index (χ0) is 18.8. The molecule has 4 rings (SSSR count). The number of aromatic nitrogens is 2. The Morgan fingerprint density at radius 2 is 1.89 bits per heavy atom. The topological polar surface area (TPSA) is 46.9 Å². The van der Waals surface area contributed by atoms with Crippen molar-refractivity contribution < 1.29 is 4.79 Å². The first-order valence-corrected chi connectivity index (χ1v) is 9.59. The molecule has 138 valence electrons. The van der Waals surface area contributed by atoms with Gasteiger partial charge in [0.1, 0.15) is 11.5 Å². The monoisotopic (exact) mass is 359 g/mol. The molecule has 2 unspecified atom stereocenters. The van der Waals surface area contributed by atoms with Crippen molar-refractivity contribution in [1.82, 2.24) is 14.9 Å². The van der Waals surface area contributed by atoms with Crippen LogP contribution in [0.2, 0.25) is 0 Å². The van der Waals surface area contributed by atoms with Crippen LogP contribution in [0.5, 0.6) is 0 Å². The van der Waals surface area contributed by atoms with Crippen LogP contribution >= 0.6 is 0 Å². The summed E-state index contributed by atoms with van der Waals surface area (Å²) in [5, 5.41) is 3.06. The molecular weight excluding hydrogens is 334 g/mol. The SMILES string of the molecule is Cc1ccccc1C1CCc2nc(C(=O)NC(C)c3ccccc3)cn2C1. The molecule has 27 heavy (non-hydrogen) atoms. The summed E-state index contributed by atoms with van der Waals surface area (Å²) in [6.07, 6.45) is 3.89. The lowest BCUT2D eigenvalue weighted by Crippen LogP contribution is -2.26. The molecule has 1 aliphatic heterocycles. The van der Waals surface area contributed by atoms with Gasteiger partial charge in [-0.2, -0.15) is 0 Å². The summed E-state index contributed by atoms with van der Waals surface area (Å²) in [7, 11) is 0. The van der Waals surface area contributed by atoms with E-state index >= 15 is 0 Å². The third-order valence-electron chi connectivity index (χ3n) is 5.50. The van der Waals surface area contributed by atoms with E-state index in [-0.39, 0.29) is 11.9 Å². The molecule has 2 atom stereocenters. The van der Waals surface area contributed by atoms with Crippen LogP contribution in [-0.4, -0.2) is 15.5 Å². The predicted molar refractivity (Wildman–Crippen MR) is 107 cm³/mol. The molecule has 0 spiro atoms. The third-order valence-corrected chi connectivity index (χ3v) is 5.50. The molecule has 2 aromatic carbocycles. The number of amides is 1. The molecule has 1 aromatic heterocycles. The Balaban J connectivity index is 1.48. The van der Waals surface area contributed by atoms with Crippen molar-refractivity contribution in [2.24, 2.45) is 0 Å². The molecule has 4 nitrogen and oxygen atoms in total. The van der Waals surface area contributed by atoms with Crippen molar-refractivity contribution in [2.45, 2.75) is 45.2 Å². The van der Waals surface area contributed by atoms with Gasteiger partial charge in [0.25, 0.3) is 5.91 Å². The van der Waals surface area contributed by atoms with Crippen LogP contribution in [0.15, 0.2) is 60.8 Å².